The van der Waals surface area contributed by atoms with Crippen LogP contribution in [0, 0.1) is 17.2 Å². The maximum absolute atomic E-state index is 12.7. The number of piperidine rings is 1. The van der Waals surface area contributed by atoms with Crippen molar-refractivity contribution in [1.82, 2.24) is 9.62 Å². The minimum absolute atomic E-state index is 0.0516. The van der Waals surface area contributed by atoms with Crippen LogP contribution in [0.2, 0.25) is 0 Å². The van der Waals surface area contributed by atoms with E-state index >= 15 is 0 Å². The van der Waals surface area contributed by atoms with Crippen LogP contribution in [0.3, 0.4) is 0 Å². The van der Waals surface area contributed by atoms with Gasteiger partial charge in [-0.2, -0.15) is 9.57 Å². The summed E-state index contributed by atoms with van der Waals surface area (Å²) in [5.74, 6) is -1.28. The minimum atomic E-state index is -3.68. The van der Waals surface area contributed by atoms with Gasteiger partial charge in [-0.15, -0.1) is 0 Å². The first-order valence-corrected chi connectivity index (χ1v) is 10.6. The molecule has 2 rings (SSSR count). The van der Waals surface area contributed by atoms with Gasteiger partial charge in [0.2, 0.25) is 10.0 Å². The first-order chi connectivity index (χ1) is 13.1. The van der Waals surface area contributed by atoms with Gasteiger partial charge in [-0.25, -0.2) is 8.42 Å². The van der Waals surface area contributed by atoms with Crippen molar-refractivity contribution in [2.75, 3.05) is 13.1 Å². The molecule has 1 amide bonds. The summed E-state index contributed by atoms with van der Waals surface area (Å²) in [5, 5.41) is 11.5. The van der Waals surface area contributed by atoms with Gasteiger partial charge in [0.15, 0.2) is 6.10 Å². The van der Waals surface area contributed by atoms with Crippen LogP contribution in [0.4, 0.5) is 0 Å². The van der Waals surface area contributed by atoms with Gasteiger partial charge < -0.3 is 10.1 Å². The van der Waals surface area contributed by atoms with Gasteiger partial charge in [-0.1, -0.05) is 0 Å². The van der Waals surface area contributed by atoms with Crippen molar-refractivity contribution in [3.63, 3.8) is 0 Å². The molecule has 152 valence electrons. The molecule has 1 saturated heterocycles. The molecule has 1 aliphatic rings. The van der Waals surface area contributed by atoms with Crippen LogP contribution in [0.5, 0.6) is 0 Å². The molecule has 8 nitrogen and oxygen atoms in total. The van der Waals surface area contributed by atoms with E-state index in [1.807, 2.05) is 19.9 Å². The highest BCUT2D eigenvalue weighted by molar-refractivity contribution is 7.89. The van der Waals surface area contributed by atoms with E-state index in [0.29, 0.717) is 18.4 Å². The summed E-state index contributed by atoms with van der Waals surface area (Å²) < 4.78 is 32.0. The predicted octanol–water partition coefficient (Wildman–Crippen LogP) is 1.42. The lowest BCUT2D eigenvalue weighted by Gasteiger charge is -2.30. The average molecular weight is 407 g/mol. The number of amides is 1. The topological polar surface area (TPSA) is 117 Å². The quantitative estimate of drug-likeness (QED) is 0.713. The van der Waals surface area contributed by atoms with Crippen molar-refractivity contribution in [3.8, 4) is 6.07 Å². The normalized spacial score (nSPS) is 17.0. The van der Waals surface area contributed by atoms with Crippen molar-refractivity contribution >= 4 is 21.9 Å². The highest BCUT2D eigenvalue weighted by Gasteiger charge is 2.34. The fourth-order valence-corrected chi connectivity index (χ4v) is 4.38. The van der Waals surface area contributed by atoms with Crippen LogP contribution in [0.1, 0.15) is 39.2 Å². The van der Waals surface area contributed by atoms with Gasteiger partial charge in [-0.3, -0.25) is 9.59 Å². The molecule has 1 fully saturated rings. The number of hydrogen-bond donors (Lipinski definition) is 1. The molecular weight excluding hydrogens is 382 g/mol. The van der Waals surface area contributed by atoms with Crippen molar-refractivity contribution in [3.05, 3.63) is 29.8 Å². The Morgan fingerprint density at radius 1 is 1.18 bits per heavy atom. The Morgan fingerprint density at radius 3 is 2.25 bits per heavy atom. The van der Waals surface area contributed by atoms with Gasteiger partial charge in [0.1, 0.15) is 0 Å². The molecule has 0 saturated carbocycles. The summed E-state index contributed by atoms with van der Waals surface area (Å²) in [5.41, 5.74) is 0.385. The molecule has 9 heteroatoms. The second-order valence-electron chi connectivity index (χ2n) is 7.06. The third-order valence-electron chi connectivity index (χ3n) is 4.50. The van der Waals surface area contributed by atoms with Crippen molar-refractivity contribution < 1.29 is 22.7 Å². The summed E-state index contributed by atoms with van der Waals surface area (Å²) in [6.45, 7) is 5.52. The van der Waals surface area contributed by atoms with Crippen molar-refractivity contribution in [2.24, 2.45) is 5.92 Å². The Kier molecular flexibility index (Phi) is 7.16. The van der Waals surface area contributed by atoms with E-state index in [-0.39, 0.29) is 29.9 Å². The Morgan fingerprint density at radius 2 is 1.75 bits per heavy atom. The third-order valence-corrected chi connectivity index (χ3v) is 6.41. The third kappa shape index (κ3) is 5.30. The Bertz CT molecular complexity index is 851. The van der Waals surface area contributed by atoms with E-state index in [2.05, 4.69) is 5.32 Å². The summed E-state index contributed by atoms with van der Waals surface area (Å²) in [4.78, 5) is 24.3. The minimum Gasteiger partial charge on any atom is -0.452 e. The number of rotatable bonds is 6. The zero-order valence-electron chi connectivity index (χ0n) is 16.2. The molecule has 1 aliphatic heterocycles. The fraction of sp³-hybridized carbons (Fsp3) is 0.526. The van der Waals surface area contributed by atoms with Crippen LogP contribution < -0.4 is 5.32 Å². The number of sulfonamides is 1. The standard InChI is InChI=1S/C19H25N3O5S/c1-13(2)21-18(23)14(3)27-19(24)16-8-10-22(11-9-16)28(25,26)17-6-4-15(12-20)5-7-17/h4-7,13-14,16H,8-11H2,1-3H3,(H,21,23)/t14-/m1/s1. The van der Waals surface area contributed by atoms with E-state index in [1.54, 1.807) is 0 Å². The highest BCUT2D eigenvalue weighted by atomic mass is 32.2. The molecule has 0 spiro atoms. The van der Waals surface area contributed by atoms with E-state index in [0.717, 1.165) is 0 Å². The van der Waals surface area contributed by atoms with Gasteiger partial charge in [-0.05, 0) is 57.9 Å². The van der Waals surface area contributed by atoms with Crippen LogP contribution in [-0.4, -0.2) is 49.8 Å². The number of esters is 1. The molecule has 1 heterocycles. The lowest BCUT2D eigenvalue weighted by atomic mass is 9.98. The smallest absolute Gasteiger partial charge is 0.309 e. The second kappa shape index (κ2) is 9.17. The Hall–Kier alpha value is -2.44. The average Bonchev–Trinajstić information content (AvgIpc) is 2.67. The van der Waals surface area contributed by atoms with Gasteiger partial charge in [0.25, 0.3) is 5.91 Å². The maximum Gasteiger partial charge on any atom is 0.309 e. The number of nitriles is 1. The summed E-state index contributed by atoms with van der Waals surface area (Å²) in [6, 6.07) is 7.63. The molecule has 0 unspecified atom stereocenters. The maximum atomic E-state index is 12.7. The number of carbonyl (C=O) groups excluding carboxylic acids is 2. The van der Waals surface area contributed by atoms with Crippen molar-refractivity contribution in [1.29, 1.82) is 5.26 Å². The van der Waals surface area contributed by atoms with E-state index in [1.165, 1.54) is 35.5 Å². The SMILES string of the molecule is CC(C)NC(=O)[C@@H](C)OC(=O)C1CCN(S(=O)(=O)c2ccc(C#N)cc2)CC1. The lowest BCUT2D eigenvalue weighted by molar-refractivity contribution is -0.160. The zero-order valence-corrected chi connectivity index (χ0v) is 17.0. The van der Waals surface area contributed by atoms with Gasteiger partial charge in [0, 0.05) is 19.1 Å². The highest BCUT2D eigenvalue weighted by Crippen LogP contribution is 2.25. The molecular formula is C19H25N3O5S. The first-order valence-electron chi connectivity index (χ1n) is 9.16. The number of carbonyl (C=O) groups is 2. The Balaban J connectivity index is 1.93. The Labute approximate surface area is 165 Å². The number of benzene rings is 1. The fourth-order valence-electron chi connectivity index (χ4n) is 2.91. The molecule has 0 bridgehead atoms. The number of hydrogen-bond acceptors (Lipinski definition) is 6. The molecule has 28 heavy (non-hydrogen) atoms. The van der Waals surface area contributed by atoms with Crippen molar-refractivity contribution in [2.45, 2.75) is 50.7 Å². The zero-order chi connectivity index (χ0) is 20.9. The molecule has 1 atom stereocenters. The van der Waals surface area contributed by atoms with Crippen LogP contribution in [0.25, 0.3) is 0 Å². The number of nitrogens with zero attached hydrogens (tertiary/aromatic N) is 2. The molecule has 1 N–H and O–H groups in total. The molecule has 0 radical (unpaired) electrons. The molecule has 1 aromatic rings. The van der Waals surface area contributed by atoms with Crippen LogP contribution in [-0.2, 0) is 24.3 Å². The molecule has 0 aromatic heterocycles. The van der Waals surface area contributed by atoms with Crippen LogP contribution >= 0.6 is 0 Å². The predicted molar refractivity (Wildman–Crippen MR) is 101 cm³/mol. The summed E-state index contributed by atoms with van der Waals surface area (Å²) in [7, 11) is -3.68. The first kappa shape index (κ1) is 21.9. The van der Waals surface area contributed by atoms with E-state index in [9.17, 15) is 18.0 Å². The van der Waals surface area contributed by atoms with Gasteiger partial charge >= 0.3 is 5.97 Å². The summed E-state index contributed by atoms with van der Waals surface area (Å²) in [6.07, 6.45) is -0.241. The van der Waals surface area contributed by atoms with Gasteiger partial charge in [0.05, 0.1) is 22.4 Å². The number of ether oxygens (including phenoxy) is 1. The molecule has 0 aliphatic carbocycles. The number of nitrogens with one attached hydrogen (secondary N) is 1. The molecule has 1 aromatic carbocycles. The van der Waals surface area contributed by atoms with Crippen LogP contribution in [0.15, 0.2) is 29.2 Å². The van der Waals surface area contributed by atoms with E-state index in [4.69, 9.17) is 10.00 Å². The lowest BCUT2D eigenvalue weighted by Crippen LogP contribution is -2.43. The van der Waals surface area contributed by atoms with E-state index < -0.39 is 28.0 Å². The summed E-state index contributed by atoms with van der Waals surface area (Å²) >= 11 is 0. The monoisotopic (exact) mass is 407 g/mol. The second-order valence-corrected chi connectivity index (χ2v) is 8.99. The largest absolute Gasteiger partial charge is 0.452 e.